The van der Waals surface area contributed by atoms with E-state index in [0.717, 1.165) is 18.8 Å². The van der Waals surface area contributed by atoms with Gasteiger partial charge in [0.05, 0.1) is 6.54 Å². The summed E-state index contributed by atoms with van der Waals surface area (Å²) < 4.78 is 5.34. The van der Waals surface area contributed by atoms with Gasteiger partial charge in [-0.3, -0.25) is 4.99 Å². The molecule has 1 aromatic heterocycles. The monoisotopic (exact) mass is 369 g/mol. The quantitative estimate of drug-likeness (QED) is 0.634. The first kappa shape index (κ1) is 19.4. The Balaban J connectivity index is 1.46. The first-order valence-corrected chi connectivity index (χ1v) is 9.81. The number of hydrogen-bond acceptors (Lipinski definition) is 4. The van der Waals surface area contributed by atoms with Gasteiger partial charge >= 0.3 is 0 Å². The van der Waals surface area contributed by atoms with Crippen LogP contribution >= 0.6 is 0 Å². The van der Waals surface area contributed by atoms with Gasteiger partial charge in [0.25, 0.3) is 0 Å². The molecular formula is C21H31N5O. The third-order valence-corrected chi connectivity index (χ3v) is 5.09. The third-order valence-electron chi connectivity index (χ3n) is 5.09. The summed E-state index contributed by atoms with van der Waals surface area (Å²) in [7, 11) is 1.79. The van der Waals surface area contributed by atoms with Gasteiger partial charge in [0.15, 0.2) is 11.8 Å². The van der Waals surface area contributed by atoms with Gasteiger partial charge in [-0.1, -0.05) is 56.3 Å². The van der Waals surface area contributed by atoms with Crippen LogP contribution in [0.3, 0.4) is 0 Å². The smallest absolute Gasteiger partial charge is 0.232 e. The van der Waals surface area contributed by atoms with Crippen molar-refractivity contribution in [1.82, 2.24) is 20.8 Å². The molecule has 3 rings (SSSR count). The summed E-state index contributed by atoms with van der Waals surface area (Å²) in [6.45, 7) is 6.68. The molecule has 1 saturated carbocycles. The molecule has 1 fully saturated rings. The van der Waals surface area contributed by atoms with Gasteiger partial charge in [0.1, 0.15) is 0 Å². The largest absolute Gasteiger partial charge is 0.354 e. The van der Waals surface area contributed by atoms with Crippen LogP contribution in [0.15, 0.2) is 39.8 Å². The lowest BCUT2D eigenvalue weighted by molar-refractivity contribution is 0.318. The van der Waals surface area contributed by atoms with Crippen molar-refractivity contribution < 1.29 is 4.52 Å². The lowest BCUT2D eigenvalue weighted by Crippen LogP contribution is -2.44. The number of nitrogens with zero attached hydrogens (tertiary/aromatic N) is 3. The second kappa shape index (κ2) is 8.55. The molecule has 0 aliphatic heterocycles. The molecule has 0 saturated heterocycles. The molecule has 1 aliphatic rings. The minimum atomic E-state index is -0.136. The van der Waals surface area contributed by atoms with Gasteiger partial charge in [-0.15, -0.1) is 0 Å². The number of aromatic nitrogens is 2. The van der Waals surface area contributed by atoms with E-state index in [9.17, 15) is 0 Å². The predicted octanol–water partition coefficient (Wildman–Crippen LogP) is 3.76. The Labute approximate surface area is 161 Å². The van der Waals surface area contributed by atoms with Crippen LogP contribution in [0.5, 0.6) is 0 Å². The number of guanidine groups is 1. The van der Waals surface area contributed by atoms with Crippen molar-refractivity contribution in [3.63, 3.8) is 0 Å². The van der Waals surface area contributed by atoms with E-state index in [2.05, 4.69) is 76.9 Å². The van der Waals surface area contributed by atoms with Crippen molar-refractivity contribution in [2.75, 3.05) is 7.05 Å². The number of rotatable bonds is 4. The van der Waals surface area contributed by atoms with Crippen molar-refractivity contribution in [2.24, 2.45) is 4.99 Å². The first-order chi connectivity index (χ1) is 13.0. The predicted molar refractivity (Wildman–Crippen MR) is 108 cm³/mol. The Morgan fingerprint density at radius 3 is 2.44 bits per heavy atom. The van der Waals surface area contributed by atoms with Crippen LogP contribution in [-0.4, -0.2) is 29.2 Å². The van der Waals surface area contributed by atoms with E-state index < -0.39 is 0 Å². The number of hydrogen-bond donors (Lipinski definition) is 2. The van der Waals surface area contributed by atoms with E-state index in [1.807, 2.05) is 0 Å². The van der Waals surface area contributed by atoms with Gasteiger partial charge in [0, 0.05) is 18.5 Å². The van der Waals surface area contributed by atoms with Gasteiger partial charge in [-0.05, 0) is 37.2 Å². The van der Waals surface area contributed by atoms with Crippen LogP contribution in [0.2, 0.25) is 0 Å². The van der Waals surface area contributed by atoms with E-state index in [1.165, 1.54) is 18.4 Å². The summed E-state index contributed by atoms with van der Waals surface area (Å²) in [6, 6.07) is 11.3. The molecule has 27 heavy (non-hydrogen) atoms. The van der Waals surface area contributed by atoms with E-state index in [0.29, 0.717) is 30.2 Å². The van der Waals surface area contributed by atoms with Crippen LogP contribution in [0.1, 0.15) is 69.7 Å². The molecule has 1 aromatic carbocycles. The van der Waals surface area contributed by atoms with Gasteiger partial charge in [-0.2, -0.15) is 4.98 Å². The Hall–Kier alpha value is -2.37. The number of aliphatic imine (C=N–C) groups is 1. The first-order valence-electron chi connectivity index (χ1n) is 9.81. The van der Waals surface area contributed by atoms with E-state index >= 15 is 0 Å². The highest BCUT2D eigenvalue weighted by Crippen LogP contribution is 2.32. The fraction of sp³-hybridized carbons (Fsp3) is 0.571. The second-order valence-electron chi connectivity index (χ2n) is 8.30. The molecule has 6 heteroatoms. The number of benzene rings is 1. The van der Waals surface area contributed by atoms with Crippen molar-refractivity contribution in [3.05, 3.63) is 47.6 Å². The van der Waals surface area contributed by atoms with Gasteiger partial charge in [0.2, 0.25) is 5.89 Å². The highest BCUT2D eigenvalue weighted by atomic mass is 16.5. The Morgan fingerprint density at radius 1 is 1.15 bits per heavy atom. The summed E-state index contributed by atoms with van der Waals surface area (Å²) in [5.74, 6) is 2.77. The molecule has 1 heterocycles. The topological polar surface area (TPSA) is 75.3 Å². The molecule has 0 bridgehead atoms. The molecule has 0 unspecified atom stereocenters. The molecule has 0 atom stereocenters. The summed E-state index contributed by atoms with van der Waals surface area (Å²) in [6.07, 6.45) is 4.71. The average molecular weight is 370 g/mol. The SMILES string of the molecule is CN=C(NCc1noc(C(C)(C)C)n1)NC1CCC(c2ccccc2)CC1. The Bertz CT molecular complexity index is 739. The molecule has 6 nitrogen and oxygen atoms in total. The third kappa shape index (κ3) is 5.31. The molecule has 1 aliphatic carbocycles. The van der Waals surface area contributed by atoms with Crippen molar-refractivity contribution in [3.8, 4) is 0 Å². The van der Waals surface area contributed by atoms with Crippen molar-refractivity contribution in [2.45, 2.75) is 70.4 Å². The van der Waals surface area contributed by atoms with Crippen LogP contribution < -0.4 is 10.6 Å². The van der Waals surface area contributed by atoms with Gasteiger partial charge in [-0.25, -0.2) is 0 Å². The van der Waals surface area contributed by atoms with Crippen molar-refractivity contribution in [1.29, 1.82) is 0 Å². The van der Waals surface area contributed by atoms with Crippen molar-refractivity contribution >= 4 is 5.96 Å². The summed E-state index contributed by atoms with van der Waals surface area (Å²) in [5.41, 5.74) is 1.33. The van der Waals surface area contributed by atoms with Crippen LogP contribution in [0.4, 0.5) is 0 Å². The highest BCUT2D eigenvalue weighted by molar-refractivity contribution is 5.79. The maximum atomic E-state index is 5.34. The standard InChI is InChI=1S/C21H31N5O/c1-21(2,3)19-25-18(26-27-19)14-23-20(22-4)24-17-12-10-16(11-13-17)15-8-6-5-7-9-15/h5-9,16-17H,10-14H2,1-4H3,(H2,22,23,24). The maximum absolute atomic E-state index is 5.34. The zero-order valence-electron chi connectivity index (χ0n) is 16.8. The van der Waals surface area contributed by atoms with Crippen LogP contribution in [0.25, 0.3) is 0 Å². The zero-order valence-corrected chi connectivity index (χ0v) is 16.8. The average Bonchev–Trinajstić information content (AvgIpc) is 3.16. The highest BCUT2D eigenvalue weighted by Gasteiger charge is 2.24. The lowest BCUT2D eigenvalue weighted by atomic mass is 9.82. The Morgan fingerprint density at radius 2 is 1.85 bits per heavy atom. The molecule has 0 radical (unpaired) electrons. The maximum Gasteiger partial charge on any atom is 0.232 e. The van der Waals surface area contributed by atoms with Crippen LogP contribution in [0, 0.1) is 0 Å². The van der Waals surface area contributed by atoms with E-state index in [-0.39, 0.29) is 5.41 Å². The minimum absolute atomic E-state index is 0.136. The fourth-order valence-corrected chi connectivity index (χ4v) is 3.48. The van der Waals surface area contributed by atoms with E-state index in [4.69, 9.17) is 4.52 Å². The molecular weight excluding hydrogens is 338 g/mol. The molecule has 0 spiro atoms. The summed E-state index contributed by atoms with van der Waals surface area (Å²) in [5, 5.41) is 10.9. The summed E-state index contributed by atoms with van der Waals surface area (Å²) >= 11 is 0. The van der Waals surface area contributed by atoms with E-state index in [1.54, 1.807) is 7.05 Å². The normalized spacial score (nSPS) is 21.1. The fourth-order valence-electron chi connectivity index (χ4n) is 3.48. The molecule has 0 amide bonds. The molecule has 146 valence electrons. The summed E-state index contributed by atoms with van der Waals surface area (Å²) in [4.78, 5) is 8.79. The minimum Gasteiger partial charge on any atom is -0.354 e. The number of nitrogens with one attached hydrogen (secondary N) is 2. The Kier molecular flexibility index (Phi) is 6.14. The molecule has 2 N–H and O–H groups in total. The second-order valence-corrected chi connectivity index (χ2v) is 8.30. The zero-order chi connectivity index (χ0) is 19.3. The van der Waals surface area contributed by atoms with Gasteiger partial charge < -0.3 is 15.2 Å². The molecule has 2 aromatic rings. The lowest BCUT2D eigenvalue weighted by Gasteiger charge is -2.30. The van der Waals surface area contributed by atoms with Crippen LogP contribution in [-0.2, 0) is 12.0 Å².